The van der Waals surface area contributed by atoms with E-state index in [-0.39, 0.29) is 35.8 Å². The lowest BCUT2D eigenvalue weighted by atomic mass is 10.2. The van der Waals surface area contributed by atoms with E-state index in [1.807, 2.05) is 0 Å². The van der Waals surface area contributed by atoms with Crippen LogP contribution in [0.4, 0.5) is 4.79 Å². The first-order valence-electron chi connectivity index (χ1n) is 8.39. The molecule has 9 nitrogen and oxygen atoms in total. The summed E-state index contributed by atoms with van der Waals surface area (Å²) in [6, 6.07) is -0.356. The van der Waals surface area contributed by atoms with Crippen LogP contribution in [0.3, 0.4) is 0 Å². The maximum atomic E-state index is 12.3. The molecular formula is C15H25N3O6S. The van der Waals surface area contributed by atoms with Crippen LogP contribution in [0.15, 0.2) is 0 Å². The van der Waals surface area contributed by atoms with Crippen LogP contribution in [0.1, 0.15) is 19.8 Å². The zero-order chi connectivity index (χ0) is 18.6. The van der Waals surface area contributed by atoms with Crippen molar-refractivity contribution < 1.29 is 27.5 Å². The standard InChI is InChI=1S/C15H25N3O6S/c1-3-24-15(21)18-7-5-17(6-8-18)14(20)10-13(19)16(2)12-4-9-25(22,23)11-12/h12H,3-11H2,1-2H3. The van der Waals surface area contributed by atoms with Gasteiger partial charge in [0.25, 0.3) is 0 Å². The number of hydrogen-bond donors (Lipinski definition) is 0. The van der Waals surface area contributed by atoms with Crippen molar-refractivity contribution >= 4 is 27.7 Å². The molecule has 0 bridgehead atoms. The Morgan fingerprint density at radius 2 is 1.72 bits per heavy atom. The van der Waals surface area contributed by atoms with E-state index in [0.29, 0.717) is 39.2 Å². The van der Waals surface area contributed by atoms with Gasteiger partial charge in [-0.1, -0.05) is 0 Å². The molecule has 0 aliphatic carbocycles. The molecule has 3 amide bonds. The van der Waals surface area contributed by atoms with Crippen LogP contribution in [0.2, 0.25) is 0 Å². The van der Waals surface area contributed by atoms with Crippen LogP contribution in [0.25, 0.3) is 0 Å². The highest BCUT2D eigenvalue weighted by Crippen LogP contribution is 2.17. The predicted octanol–water partition coefficient (Wildman–Crippen LogP) is -0.677. The lowest BCUT2D eigenvalue weighted by Crippen LogP contribution is -2.51. The molecule has 0 aromatic rings. The van der Waals surface area contributed by atoms with Crippen molar-refractivity contribution in [2.24, 2.45) is 0 Å². The summed E-state index contributed by atoms with van der Waals surface area (Å²) in [7, 11) is -1.54. The van der Waals surface area contributed by atoms with Crippen molar-refractivity contribution in [2.45, 2.75) is 25.8 Å². The third kappa shape index (κ3) is 5.07. The minimum atomic E-state index is -3.08. The molecule has 25 heavy (non-hydrogen) atoms. The van der Waals surface area contributed by atoms with Gasteiger partial charge in [0.15, 0.2) is 9.84 Å². The second-order valence-electron chi connectivity index (χ2n) is 6.31. The van der Waals surface area contributed by atoms with E-state index in [1.165, 1.54) is 9.80 Å². The van der Waals surface area contributed by atoms with Gasteiger partial charge < -0.3 is 19.4 Å². The highest BCUT2D eigenvalue weighted by atomic mass is 32.2. The summed E-state index contributed by atoms with van der Waals surface area (Å²) >= 11 is 0. The molecule has 1 unspecified atom stereocenters. The SMILES string of the molecule is CCOC(=O)N1CCN(C(=O)CC(=O)N(C)C2CCS(=O)(=O)C2)CC1. The Bertz CT molecular complexity index is 627. The van der Waals surface area contributed by atoms with Crippen molar-refractivity contribution in [3.8, 4) is 0 Å². The highest BCUT2D eigenvalue weighted by Gasteiger charge is 2.34. The summed E-state index contributed by atoms with van der Waals surface area (Å²) in [5.74, 6) is -0.637. The van der Waals surface area contributed by atoms with Crippen molar-refractivity contribution in [1.82, 2.24) is 14.7 Å². The van der Waals surface area contributed by atoms with Crippen molar-refractivity contribution in [1.29, 1.82) is 0 Å². The molecule has 0 radical (unpaired) electrons. The second-order valence-corrected chi connectivity index (χ2v) is 8.53. The molecule has 2 fully saturated rings. The van der Waals surface area contributed by atoms with Gasteiger partial charge in [-0.15, -0.1) is 0 Å². The molecule has 2 heterocycles. The van der Waals surface area contributed by atoms with Gasteiger partial charge in [0.05, 0.1) is 18.1 Å². The second kappa shape index (κ2) is 8.03. The first-order chi connectivity index (χ1) is 11.7. The van der Waals surface area contributed by atoms with Gasteiger partial charge in [0.1, 0.15) is 6.42 Å². The molecule has 2 aliphatic heterocycles. The summed E-state index contributed by atoms with van der Waals surface area (Å²) in [5, 5.41) is 0. The molecule has 0 aromatic heterocycles. The quantitative estimate of drug-likeness (QED) is 0.603. The van der Waals surface area contributed by atoms with Gasteiger partial charge in [0, 0.05) is 39.3 Å². The normalized spacial score (nSPS) is 22.6. The lowest BCUT2D eigenvalue weighted by molar-refractivity contribution is -0.141. The maximum absolute atomic E-state index is 12.3. The molecule has 0 saturated carbocycles. The van der Waals surface area contributed by atoms with E-state index < -0.39 is 15.9 Å². The minimum Gasteiger partial charge on any atom is -0.450 e. The van der Waals surface area contributed by atoms with Crippen LogP contribution in [0, 0.1) is 0 Å². The van der Waals surface area contributed by atoms with Crippen LogP contribution < -0.4 is 0 Å². The summed E-state index contributed by atoms with van der Waals surface area (Å²) in [6.45, 7) is 3.48. The molecule has 2 aliphatic rings. The molecule has 2 saturated heterocycles. The van der Waals surface area contributed by atoms with Crippen molar-refractivity contribution in [2.75, 3.05) is 51.3 Å². The largest absolute Gasteiger partial charge is 0.450 e. The van der Waals surface area contributed by atoms with Gasteiger partial charge in [-0.2, -0.15) is 0 Å². The van der Waals surface area contributed by atoms with Gasteiger partial charge in [0.2, 0.25) is 11.8 Å². The lowest BCUT2D eigenvalue weighted by Gasteiger charge is -2.34. The predicted molar refractivity (Wildman–Crippen MR) is 89.6 cm³/mol. The fourth-order valence-electron chi connectivity index (χ4n) is 3.00. The van der Waals surface area contributed by atoms with E-state index >= 15 is 0 Å². The third-order valence-electron chi connectivity index (χ3n) is 4.61. The van der Waals surface area contributed by atoms with Crippen LogP contribution in [-0.4, -0.2) is 98.4 Å². The van der Waals surface area contributed by atoms with E-state index in [0.717, 1.165) is 0 Å². The summed E-state index contributed by atoms with van der Waals surface area (Å²) in [5.41, 5.74) is 0. The molecule has 1 atom stereocenters. The minimum absolute atomic E-state index is 0.0400. The number of rotatable bonds is 4. The molecule has 2 rings (SSSR count). The number of nitrogens with zero attached hydrogens (tertiary/aromatic N) is 3. The summed E-state index contributed by atoms with van der Waals surface area (Å²) < 4.78 is 27.9. The van der Waals surface area contributed by atoms with Crippen LogP contribution in [-0.2, 0) is 24.2 Å². The third-order valence-corrected chi connectivity index (χ3v) is 6.36. The van der Waals surface area contributed by atoms with E-state index in [4.69, 9.17) is 4.74 Å². The van der Waals surface area contributed by atoms with Gasteiger partial charge in [-0.25, -0.2) is 13.2 Å². The smallest absolute Gasteiger partial charge is 0.409 e. The van der Waals surface area contributed by atoms with E-state index in [2.05, 4.69) is 0 Å². The zero-order valence-corrected chi connectivity index (χ0v) is 15.5. The van der Waals surface area contributed by atoms with Crippen LogP contribution in [0.5, 0.6) is 0 Å². The van der Waals surface area contributed by atoms with E-state index in [9.17, 15) is 22.8 Å². The highest BCUT2D eigenvalue weighted by molar-refractivity contribution is 7.91. The monoisotopic (exact) mass is 375 g/mol. The Morgan fingerprint density at radius 1 is 1.12 bits per heavy atom. The Kier molecular flexibility index (Phi) is 6.26. The molecule has 10 heteroatoms. The fourth-order valence-corrected chi connectivity index (χ4v) is 4.78. The number of amides is 3. The van der Waals surface area contributed by atoms with Crippen molar-refractivity contribution in [3.05, 3.63) is 0 Å². The van der Waals surface area contributed by atoms with Crippen LogP contribution >= 0.6 is 0 Å². The molecule has 142 valence electrons. The Labute approximate surface area is 147 Å². The van der Waals surface area contributed by atoms with Gasteiger partial charge >= 0.3 is 6.09 Å². The first kappa shape index (κ1) is 19.5. The summed E-state index contributed by atoms with van der Waals surface area (Å²) in [6.07, 6.45) is -0.267. The number of carbonyl (C=O) groups excluding carboxylic acids is 3. The maximum Gasteiger partial charge on any atom is 0.409 e. The average Bonchev–Trinajstić information content (AvgIpc) is 2.94. The van der Waals surface area contributed by atoms with E-state index in [1.54, 1.807) is 18.9 Å². The molecular weight excluding hydrogens is 350 g/mol. The Balaban J connectivity index is 1.80. The number of piperazine rings is 1. The first-order valence-corrected chi connectivity index (χ1v) is 10.2. The molecule has 0 N–H and O–H groups in total. The Hall–Kier alpha value is -1.84. The Morgan fingerprint density at radius 3 is 2.24 bits per heavy atom. The molecule has 0 aromatic carbocycles. The topological polar surface area (TPSA) is 104 Å². The number of ether oxygens (including phenoxy) is 1. The van der Waals surface area contributed by atoms with Crippen molar-refractivity contribution in [3.63, 3.8) is 0 Å². The van der Waals surface area contributed by atoms with Gasteiger partial charge in [-0.3, -0.25) is 9.59 Å². The number of hydrogen-bond acceptors (Lipinski definition) is 6. The van der Waals surface area contributed by atoms with Gasteiger partial charge in [-0.05, 0) is 13.3 Å². The number of sulfone groups is 1. The zero-order valence-electron chi connectivity index (χ0n) is 14.6. The average molecular weight is 375 g/mol. The fraction of sp³-hybridized carbons (Fsp3) is 0.800. The summed E-state index contributed by atoms with van der Waals surface area (Å²) in [4.78, 5) is 40.6. The number of carbonyl (C=O) groups is 3. The molecule has 0 spiro atoms.